The van der Waals surface area contributed by atoms with Gasteiger partial charge in [0.15, 0.2) is 5.96 Å². The van der Waals surface area contributed by atoms with Crippen LogP contribution in [-0.4, -0.2) is 30.6 Å². The third kappa shape index (κ3) is 8.96. The monoisotopic (exact) mass is 252 g/mol. The number of nitrogens with zero attached hydrogens (tertiary/aromatic N) is 2. The highest BCUT2D eigenvalue weighted by Crippen LogP contribution is 1.98. The number of nitrogens with one attached hydrogen (secondary N) is 2. The zero-order valence-corrected chi connectivity index (χ0v) is 10.7. The first kappa shape index (κ1) is 15.7. The highest BCUT2D eigenvalue weighted by Gasteiger charge is 1.89. The fourth-order valence-corrected chi connectivity index (χ4v) is 0.894. The van der Waals surface area contributed by atoms with E-state index in [2.05, 4.69) is 27.5 Å². The number of aliphatic imine (C=N–C) groups is 1. The lowest BCUT2D eigenvalue weighted by Gasteiger charge is -2.00. The Labute approximate surface area is 107 Å². The van der Waals surface area contributed by atoms with Crippen molar-refractivity contribution in [3.8, 4) is 0 Å². The maximum Gasteiger partial charge on any atom is 0.343 e. The molecule has 0 atom stereocenters. The van der Waals surface area contributed by atoms with Crippen LogP contribution in [0.4, 0.5) is 10.6 Å². The van der Waals surface area contributed by atoms with Crippen LogP contribution in [0.5, 0.6) is 0 Å². The molecule has 0 fully saturated rings. The van der Waals surface area contributed by atoms with Crippen LogP contribution < -0.4 is 22.1 Å². The van der Waals surface area contributed by atoms with Crippen LogP contribution >= 0.6 is 0 Å². The molecule has 18 heavy (non-hydrogen) atoms. The minimum atomic E-state index is -0.537. The molecule has 0 bridgehead atoms. The first-order valence-electron chi connectivity index (χ1n) is 5.56. The van der Waals surface area contributed by atoms with Crippen molar-refractivity contribution in [1.29, 1.82) is 0 Å². The number of hydrogen-bond donors (Lipinski definition) is 4. The maximum atomic E-state index is 10.2. The van der Waals surface area contributed by atoms with Crippen molar-refractivity contribution in [3.05, 3.63) is 24.4 Å². The van der Waals surface area contributed by atoms with Gasteiger partial charge in [-0.05, 0) is 18.6 Å². The average molecular weight is 252 g/mol. The molecule has 0 saturated heterocycles. The van der Waals surface area contributed by atoms with E-state index in [1.54, 1.807) is 6.20 Å². The summed E-state index contributed by atoms with van der Waals surface area (Å²) in [5.74, 6) is 0.730. The van der Waals surface area contributed by atoms with Gasteiger partial charge in [0.25, 0.3) is 0 Å². The first-order valence-corrected chi connectivity index (χ1v) is 5.56. The first-order chi connectivity index (χ1) is 8.60. The predicted molar refractivity (Wildman–Crippen MR) is 73.3 cm³/mol. The number of urea groups is 1. The Kier molecular flexibility index (Phi) is 8.62. The molecule has 0 aromatic carbocycles. The summed E-state index contributed by atoms with van der Waals surface area (Å²) in [6, 6.07) is 5.32. The van der Waals surface area contributed by atoms with Crippen molar-refractivity contribution in [3.63, 3.8) is 0 Å². The van der Waals surface area contributed by atoms with Crippen molar-refractivity contribution in [2.75, 3.05) is 18.9 Å². The van der Waals surface area contributed by atoms with Gasteiger partial charge in [0, 0.05) is 19.8 Å². The normalized spacial score (nSPS) is 8.56. The van der Waals surface area contributed by atoms with Gasteiger partial charge in [-0.1, -0.05) is 13.0 Å². The van der Waals surface area contributed by atoms with Gasteiger partial charge >= 0.3 is 6.03 Å². The van der Waals surface area contributed by atoms with Gasteiger partial charge in [-0.15, -0.1) is 0 Å². The fraction of sp³-hybridized carbons (Fsp3) is 0.364. The van der Waals surface area contributed by atoms with Gasteiger partial charge in [-0.3, -0.25) is 0 Å². The summed E-state index contributed by atoms with van der Waals surface area (Å²) in [5, 5.41) is 5.39. The molecule has 1 aromatic rings. The molecular formula is C11H20N6O. The van der Waals surface area contributed by atoms with E-state index in [0.717, 1.165) is 18.8 Å². The van der Waals surface area contributed by atoms with Crippen LogP contribution in [0.1, 0.15) is 13.3 Å². The summed E-state index contributed by atoms with van der Waals surface area (Å²) in [4.78, 5) is 17.4. The van der Waals surface area contributed by atoms with Crippen LogP contribution in [-0.2, 0) is 0 Å². The number of anilines is 1. The third-order valence-corrected chi connectivity index (χ3v) is 1.67. The van der Waals surface area contributed by atoms with Crippen molar-refractivity contribution in [2.24, 2.45) is 16.5 Å². The summed E-state index contributed by atoms with van der Waals surface area (Å²) in [5.41, 5.74) is 9.67. The summed E-state index contributed by atoms with van der Waals surface area (Å²) in [7, 11) is 1.44. The molecule has 7 nitrogen and oxygen atoms in total. The summed E-state index contributed by atoms with van der Waals surface area (Å²) < 4.78 is 0. The molecule has 1 heterocycles. The van der Waals surface area contributed by atoms with Gasteiger partial charge in [0.1, 0.15) is 5.82 Å². The molecule has 0 radical (unpaired) electrons. The Morgan fingerprint density at radius 2 is 2.17 bits per heavy atom. The Balaban J connectivity index is 0.000000331. The number of hydrogen-bond acceptors (Lipinski definition) is 3. The number of amides is 2. The zero-order valence-electron chi connectivity index (χ0n) is 10.7. The van der Waals surface area contributed by atoms with Crippen LogP contribution in [0.25, 0.3) is 0 Å². The van der Waals surface area contributed by atoms with Crippen LogP contribution in [0.3, 0.4) is 0 Å². The second kappa shape index (κ2) is 9.88. The standard InChI is InChI=1S/C8H12N2.C3H8N4O/c1-2-6-9-8-5-3-4-7-10-8;1-6-3(8)7-2(4)5/h3-5,7H,2,6H2,1H3,(H,9,10);1H3,(H5,4,5,6,7,8). The van der Waals surface area contributed by atoms with E-state index in [-0.39, 0.29) is 5.96 Å². The maximum absolute atomic E-state index is 10.2. The number of aromatic nitrogens is 1. The van der Waals surface area contributed by atoms with Crippen molar-refractivity contribution in [2.45, 2.75) is 13.3 Å². The smallest absolute Gasteiger partial charge is 0.343 e. The van der Waals surface area contributed by atoms with E-state index in [1.807, 2.05) is 18.2 Å². The summed E-state index contributed by atoms with van der Waals surface area (Å²) in [6.45, 7) is 3.13. The number of nitrogens with two attached hydrogens (primary N) is 2. The number of rotatable bonds is 3. The molecule has 0 saturated carbocycles. The van der Waals surface area contributed by atoms with Crippen LogP contribution in [0.15, 0.2) is 29.4 Å². The predicted octanol–water partition coefficient (Wildman–Crippen LogP) is 0.503. The van der Waals surface area contributed by atoms with Gasteiger partial charge in [-0.2, -0.15) is 4.99 Å². The number of carbonyl (C=O) groups is 1. The van der Waals surface area contributed by atoms with Gasteiger partial charge < -0.3 is 22.1 Å². The third-order valence-electron chi connectivity index (χ3n) is 1.67. The molecule has 2 amide bonds. The molecule has 0 spiro atoms. The Hall–Kier alpha value is -2.31. The minimum absolute atomic E-state index is 0.232. The Morgan fingerprint density at radius 1 is 1.44 bits per heavy atom. The molecule has 0 unspecified atom stereocenters. The fourth-order valence-electron chi connectivity index (χ4n) is 0.894. The molecule has 0 aliphatic rings. The second-order valence-corrected chi connectivity index (χ2v) is 3.23. The van der Waals surface area contributed by atoms with E-state index < -0.39 is 6.03 Å². The largest absolute Gasteiger partial charge is 0.370 e. The number of pyridine rings is 1. The lowest BCUT2D eigenvalue weighted by atomic mass is 10.4. The average Bonchev–Trinajstić information content (AvgIpc) is 2.37. The summed E-state index contributed by atoms with van der Waals surface area (Å²) >= 11 is 0. The highest BCUT2D eigenvalue weighted by atomic mass is 16.2. The van der Waals surface area contributed by atoms with E-state index in [4.69, 9.17) is 11.5 Å². The zero-order chi connectivity index (χ0) is 13.8. The van der Waals surface area contributed by atoms with E-state index in [9.17, 15) is 4.79 Å². The van der Waals surface area contributed by atoms with Crippen molar-refractivity contribution in [1.82, 2.24) is 10.3 Å². The van der Waals surface area contributed by atoms with Crippen LogP contribution in [0.2, 0.25) is 0 Å². The van der Waals surface area contributed by atoms with Gasteiger partial charge in [0.05, 0.1) is 0 Å². The SMILES string of the molecule is CCCNc1ccccn1.CNC(=O)N=C(N)N. The number of guanidine groups is 1. The quantitative estimate of drug-likeness (QED) is 0.461. The topological polar surface area (TPSA) is 118 Å². The molecule has 1 rings (SSSR count). The highest BCUT2D eigenvalue weighted by molar-refractivity contribution is 5.90. The second-order valence-electron chi connectivity index (χ2n) is 3.23. The Morgan fingerprint density at radius 3 is 2.56 bits per heavy atom. The van der Waals surface area contributed by atoms with E-state index >= 15 is 0 Å². The van der Waals surface area contributed by atoms with E-state index in [1.165, 1.54) is 7.05 Å². The molecule has 1 aromatic heterocycles. The van der Waals surface area contributed by atoms with Crippen molar-refractivity contribution >= 4 is 17.8 Å². The molecule has 0 aliphatic carbocycles. The molecular weight excluding hydrogens is 232 g/mol. The molecule has 0 aliphatic heterocycles. The van der Waals surface area contributed by atoms with E-state index in [0.29, 0.717) is 0 Å². The minimum Gasteiger partial charge on any atom is -0.370 e. The lowest BCUT2D eigenvalue weighted by molar-refractivity contribution is 0.251. The van der Waals surface area contributed by atoms with Crippen LogP contribution in [0, 0.1) is 0 Å². The van der Waals surface area contributed by atoms with Gasteiger partial charge in [-0.25, -0.2) is 9.78 Å². The number of carbonyl (C=O) groups excluding carboxylic acids is 1. The molecule has 6 N–H and O–H groups in total. The lowest BCUT2D eigenvalue weighted by Crippen LogP contribution is -2.26. The molecule has 7 heteroatoms. The van der Waals surface area contributed by atoms with Crippen molar-refractivity contribution < 1.29 is 4.79 Å². The van der Waals surface area contributed by atoms with Gasteiger partial charge in [0.2, 0.25) is 0 Å². The molecule has 100 valence electrons. The Bertz CT molecular complexity index is 361. The summed E-state index contributed by atoms with van der Waals surface area (Å²) in [6.07, 6.45) is 2.93.